The molecule has 4 heterocycles. The Morgan fingerprint density at radius 1 is 1.08 bits per heavy atom. The number of rotatable bonds is 8. The Labute approximate surface area is 218 Å². The van der Waals surface area contributed by atoms with Gasteiger partial charge in [-0.1, -0.05) is 6.92 Å². The molecule has 1 saturated heterocycles. The molecule has 1 aliphatic heterocycles. The Bertz CT molecular complexity index is 1390. The quantitative estimate of drug-likeness (QED) is 0.505. The molecule has 5 rings (SSSR count). The van der Waals surface area contributed by atoms with Crippen molar-refractivity contribution in [3.8, 4) is 0 Å². The largest absolute Gasteiger partial charge is 0.383 e. The van der Waals surface area contributed by atoms with Crippen LogP contribution in [0.1, 0.15) is 82.0 Å². The van der Waals surface area contributed by atoms with E-state index < -0.39 is 0 Å². The van der Waals surface area contributed by atoms with Crippen molar-refractivity contribution in [2.24, 2.45) is 5.92 Å². The smallest absolute Gasteiger partial charge is 0.163 e. The van der Waals surface area contributed by atoms with Gasteiger partial charge in [-0.3, -0.25) is 4.98 Å². The van der Waals surface area contributed by atoms with Crippen LogP contribution in [0.4, 0.5) is 10.1 Å². The topological polar surface area (TPSA) is 71.8 Å². The Balaban J connectivity index is 1.35. The number of aromatic nitrogens is 5. The van der Waals surface area contributed by atoms with Crippen molar-refractivity contribution in [1.29, 1.82) is 0 Å². The van der Waals surface area contributed by atoms with E-state index in [1.807, 2.05) is 26.1 Å². The molecule has 7 nitrogen and oxygen atoms in total. The second kappa shape index (κ2) is 10.3. The van der Waals surface area contributed by atoms with Gasteiger partial charge >= 0.3 is 0 Å². The Hall–Kier alpha value is -3.13. The summed E-state index contributed by atoms with van der Waals surface area (Å²) in [6.07, 6.45) is 6.00. The first-order chi connectivity index (χ1) is 17.7. The van der Waals surface area contributed by atoms with E-state index in [2.05, 4.69) is 64.6 Å². The Kier molecular flexibility index (Phi) is 7.12. The Morgan fingerprint density at radius 2 is 1.86 bits per heavy atom. The highest BCUT2D eigenvalue weighted by molar-refractivity contribution is 5.53. The van der Waals surface area contributed by atoms with Crippen LogP contribution in [0.3, 0.4) is 0 Å². The second-order valence-electron chi connectivity index (χ2n) is 10.9. The third-order valence-electron chi connectivity index (χ3n) is 7.76. The van der Waals surface area contributed by atoms with Crippen molar-refractivity contribution in [1.82, 2.24) is 29.4 Å². The van der Waals surface area contributed by atoms with Crippen LogP contribution in [0.2, 0.25) is 0 Å². The van der Waals surface area contributed by atoms with E-state index in [0.29, 0.717) is 23.9 Å². The summed E-state index contributed by atoms with van der Waals surface area (Å²) in [5.41, 5.74) is 3.49. The van der Waals surface area contributed by atoms with E-state index in [-0.39, 0.29) is 23.7 Å². The molecule has 1 fully saturated rings. The normalized spacial score (nSPS) is 18.9. The van der Waals surface area contributed by atoms with E-state index >= 15 is 4.39 Å². The van der Waals surface area contributed by atoms with Crippen molar-refractivity contribution in [2.75, 3.05) is 31.5 Å². The maximum atomic E-state index is 15.1. The summed E-state index contributed by atoms with van der Waals surface area (Å²) >= 11 is 0. The van der Waals surface area contributed by atoms with Crippen molar-refractivity contribution < 1.29 is 4.39 Å². The van der Waals surface area contributed by atoms with Gasteiger partial charge in [0, 0.05) is 37.5 Å². The zero-order valence-electron chi connectivity index (χ0n) is 22.8. The van der Waals surface area contributed by atoms with Crippen LogP contribution in [-0.2, 0) is 0 Å². The highest BCUT2D eigenvalue weighted by atomic mass is 19.1. The number of imidazole rings is 1. The fourth-order valence-electron chi connectivity index (χ4n) is 5.63. The van der Waals surface area contributed by atoms with Crippen molar-refractivity contribution in [3.05, 3.63) is 64.1 Å². The van der Waals surface area contributed by atoms with Gasteiger partial charge in [0.1, 0.15) is 11.6 Å². The molecular formula is C29H38FN7. The minimum Gasteiger partial charge on any atom is -0.383 e. The van der Waals surface area contributed by atoms with Gasteiger partial charge in [0.05, 0.1) is 46.1 Å². The molecule has 2 aliphatic rings. The van der Waals surface area contributed by atoms with Crippen molar-refractivity contribution in [3.63, 3.8) is 0 Å². The lowest BCUT2D eigenvalue weighted by molar-refractivity contribution is 0.116. The molecule has 0 bridgehead atoms. The number of halogens is 1. The van der Waals surface area contributed by atoms with E-state index in [0.717, 1.165) is 59.7 Å². The summed E-state index contributed by atoms with van der Waals surface area (Å²) in [7, 11) is 0. The van der Waals surface area contributed by atoms with Crippen LogP contribution in [0, 0.1) is 18.7 Å². The highest BCUT2D eigenvalue weighted by Gasteiger charge is 2.26. The van der Waals surface area contributed by atoms with Gasteiger partial charge in [-0.2, -0.15) is 0 Å². The molecule has 0 saturated carbocycles. The number of nitrogens with zero attached hydrogens (tertiary/aromatic N) is 6. The zero-order valence-corrected chi connectivity index (χ0v) is 22.8. The number of pyridine rings is 1. The van der Waals surface area contributed by atoms with Gasteiger partial charge < -0.3 is 14.8 Å². The van der Waals surface area contributed by atoms with Crippen LogP contribution in [-0.4, -0.2) is 55.6 Å². The molecule has 8 heteroatoms. The van der Waals surface area contributed by atoms with Gasteiger partial charge in [0.2, 0.25) is 0 Å². The highest BCUT2D eigenvalue weighted by Crippen LogP contribution is 2.29. The number of aryl methyl sites for hydroxylation is 1. The first kappa shape index (κ1) is 25.5. The summed E-state index contributed by atoms with van der Waals surface area (Å²) in [4.78, 5) is 21.0. The first-order valence-electron chi connectivity index (χ1n) is 13.5. The molecule has 3 aromatic rings. The minimum absolute atomic E-state index is 0.147. The SMILES string of the molecule is CCN1CC(CNc2ccc([C@H](C)c3ncc(F)c(C4C=c5c(nc(C)n5C(C)C)=C(C)C4)n3)nc2)C1. The van der Waals surface area contributed by atoms with Crippen LogP contribution in [0.15, 0.2) is 24.5 Å². The molecule has 0 radical (unpaired) electrons. The summed E-state index contributed by atoms with van der Waals surface area (Å²) in [5.74, 6) is 1.58. The van der Waals surface area contributed by atoms with Crippen LogP contribution in [0.25, 0.3) is 11.6 Å². The summed E-state index contributed by atoms with van der Waals surface area (Å²) < 4.78 is 17.3. The number of likely N-dealkylation sites (tertiary alicyclic amines) is 1. The fourth-order valence-corrected chi connectivity index (χ4v) is 5.63. The number of hydrogen-bond acceptors (Lipinski definition) is 6. The monoisotopic (exact) mass is 503 g/mol. The second-order valence-corrected chi connectivity index (χ2v) is 10.9. The molecule has 1 aliphatic carbocycles. The predicted molar refractivity (Wildman–Crippen MR) is 145 cm³/mol. The van der Waals surface area contributed by atoms with Gasteiger partial charge in [0.25, 0.3) is 0 Å². The molecule has 0 aromatic carbocycles. The third-order valence-corrected chi connectivity index (χ3v) is 7.76. The molecule has 1 unspecified atom stereocenters. The van der Waals surface area contributed by atoms with Gasteiger partial charge in [-0.15, -0.1) is 0 Å². The lowest BCUT2D eigenvalue weighted by Gasteiger charge is -2.38. The van der Waals surface area contributed by atoms with Gasteiger partial charge in [-0.25, -0.2) is 19.3 Å². The lowest BCUT2D eigenvalue weighted by atomic mass is 9.92. The number of anilines is 1. The van der Waals surface area contributed by atoms with Crippen molar-refractivity contribution >= 4 is 17.3 Å². The first-order valence-corrected chi connectivity index (χ1v) is 13.5. The van der Waals surface area contributed by atoms with Crippen LogP contribution in [0.5, 0.6) is 0 Å². The molecule has 0 amide bonds. The van der Waals surface area contributed by atoms with Crippen molar-refractivity contribution in [2.45, 2.75) is 65.8 Å². The molecular weight excluding hydrogens is 465 g/mol. The Morgan fingerprint density at radius 3 is 2.54 bits per heavy atom. The standard InChI is InChI=1S/C29H38FN7/c1-7-36-15-21(16-36)12-31-23-8-9-25(32-13-23)19(5)29-33-14-24(30)28(35-29)22-10-18(4)27-26(11-22)37(17(2)3)20(6)34-27/h8-9,11,13-14,17,19,21-22,31H,7,10,12,15-16H2,1-6H3/t19-,22?/m0/s1. The number of hydrogen-bond donors (Lipinski definition) is 1. The van der Waals surface area contributed by atoms with Gasteiger partial charge in [-0.05, 0) is 71.4 Å². The van der Waals surface area contributed by atoms with Crippen LogP contribution < -0.4 is 16.0 Å². The molecule has 1 N–H and O–H groups in total. The van der Waals surface area contributed by atoms with Gasteiger partial charge in [0.15, 0.2) is 5.82 Å². The summed E-state index contributed by atoms with van der Waals surface area (Å²) in [6.45, 7) is 17.0. The number of nitrogens with one attached hydrogen (secondary N) is 1. The molecule has 2 atom stereocenters. The summed E-state index contributed by atoms with van der Waals surface area (Å²) in [5, 5.41) is 5.57. The molecule has 3 aromatic heterocycles. The number of fused-ring (bicyclic) bond motifs is 1. The lowest BCUT2D eigenvalue weighted by Crippen LogP contribution is -2.49. The zero-order chi connectivity index (χ0) is 26.3. The maximum Gasteiger partial charge on any atom is 0.163 e. The molecule has 37 heavy (non-hydrogen) atoms. The minimum atomic E-state index is -0.370. The average molecular weight is 504 g/mol. The summed E-state index contributed by atoms with van der Waals surface area (Å²) in [6, 6.07) is 4.34. The predicted octanol–water partition coefficient (Wildman–Crippen LogP) is 3.75. The van der Waals surface area contributed by atoms with E-state index in [1.54, 1.807) is 0 Å². The van der Waals surface area contributed by atoms with Crippen LogP contribution >= 0.6 is 0 Å². The third kappa shape index (κ3) is 5.04. The fraction of sp³-hybridized carbons (Fsp3) is 0.517. The maximum absolute atomic E-state index is 15.1. The molecule has 0 spiro atoms. The molecule has 196 valence electrons. The van der Waals surface area contributed by atoms with E-state index in [4.69, 9.17) is 9.97 Å². The average Bonchev–Trinajstić information content (AvgIpc) is 3.20. The van der Waals surface area contributed by atoms with E-state index in [9.17, 15) is 0 Å². The van der Waals surface area contributed by atoms with E-state index in [1.165, 1.54) is 6.20 Å².